The largest absolute Gasteiger partial charge is 0.386 e. The third-order valence-corrected chi connectivity index (χ3v) is 1.76. The van der Waals surface area contributed by atoms with Gasteiger partial charge in [0, 0.05) is 0 Å². The first-order chi connectivity index (χ1) is 5.88. The Morgan fingerprint density at radius 2 is 1.92 bits per heavy atom. The van der Waals surface area contributed by atoms with Crippen molar-refractivity contribution in [3.05, 3.63) is 12.2 Å². The molecule has 0 spiro atoms. The number of hydrogen-bond donors (Lipinski definition) is 1. The SMILES string of the molecule is CC1OC(OC(C)(C)C)C=CC1O. The van der Waals surface area contributed by atoms with E-state index in [0.717, 1.165) is 0 Å². The van der Waals surface area contributed by atoms with Crippen LogP contribution in [0.1, 0.15) is 27.7 Å². The van der Waals surface area contributed by atoms with Crippen LogP contribution in [0.5, 0.6) is 0 Å². The van der Waals surface area contributed by atoms with Gasteiger partial charge in [0.05, 0.1) is 17.8 Å². The minimum Gasteiger partial charge on any atom is -0.386 e. The summed E-state index contributed by atoms with van der Waals surface area (Å²) in [7, 11) is 0. The summed E-state index contributed by atoms with van der Waals surface area (Å²) in [4.78, 5) is 0. The molecule has 0 aliphatic carbocycles. The van der Waals surface area contributed by atoms with Crippen LogP contribution in [0.2, 0.25) is 0 Å². The molecule has 1 aliphatic heterocycles. The first kappa shape index (κ1) is 10.7. The highest BCUT2D eigenvalue weighted by Crippen LogP contribution is 2.18. The highest BCUT2D eigenvalue weighted by atomic mass is 16.7. The van der Waals surface area contributed by atoms with Crippen LogP contribution < -0.4 is 0 Å². The molecule has 13 heavy (non-hydrogen) atoms. The maximum atomic E-state index is 9.33. The molecule has 76 valence electrons. The average molecular weight is 186 g/mol. The Morgan fingerprint density at radius 1 is 1.31 bits per heavy atom. The van der Waals surface area contributed by atoms with Gasteiger partial charge in [-0.25, -0.2) is 0 Å². The highest BCUT2D eigenvalue weighted by molar-refractivity contribution is 4.98. The Balaban J connectivity index is 2.51. The van der Waals surface area contributed by atoms with Crippen molar-refractivity contribution in [3.8, 4) is 0 Å². The molecule has 3 unspecified atom stereocenters. The Kier molecular flexibility index (Phi) is 3.11. The molecule has 3 atom stereocenters. The lowest BCUT2D eigenvalue weighted by Crippen LogP contribution is -2.37. The van der Waals surface area contributed by atoms with E-state index in [1.54, 1.807) is 12.2 Å². The molecule has 0 aromatic rings. The van der Waals surface area contributed by atoms with Crippen molar-refractivity contribution in [1.82, 2.24) is 0 Å². The fraction of sp³-hybridized carbons (Fsp3) is 0.800. The predicted octanol–water partition coefficient (Wildman–Crippen LogP) is 1.46. The molecule has 0 amide bonds. The van der Waals surface area contributed by atoms with Gasteiger partial charge in [-0.05, 0) is 33.8 Å². The van der Waals surface area contributed by atoms with Gasteiger partial charge in [-0.1, -0.05) is 6.08 Å². The number of hydrogen-bond acceptors (Lipinski definition) is 3. The molecule has 3 heteroatoms. The molecule has 1 N–H and O–H groups in total. The van der Waals surface area contributed by atoms with Gasteiger partial charge >= 0.3 is 0 Å². The Labute approximate surface area is 79.3 Å². The van der Waals surface area contributed by atoms with Crippen molar-refractivity contribution >= 4 is 0 Å². The number of aliphatic hydroxyl groups is 1. The number of aliphatic hydroxyl groups excluding tert-OH is 1. The van der Waals surface area contributed by atoms with E-state index in [1.165, 1.54) is 0 Å². The second-order valence-electron chi connectivity index (χ2n) is 4.32. The van der Waals surface area contributed by atoms with Crippen molar-refractivity contribution in [2.45, 2.75) is 51.8 Å². The first-order valence-corrected chi connectivity index (χ1v) is 4.58. The zero-order valence-electron chi connectivity index (χ0n) is 8.65. The fourth-order valence-electron chi connectivity index (χ4n) is 1.11. The van der Waals surface area contributed by atoms with Crippen LogP contribution in [0.4, 0.5) is 0 Å². The number of rotatable bonds is 1. The standard InChI is InChI=1S/C10H18O3/c1-7-8(11)5-6-9(12-7)13-10(2,3)4/h5-9,11H,1-4H3. The molecule has 1 aliphatic rings. The average Bonchev–Trinajstić information content (AvgIpc) is 1.94. The molecule has 3 nitrogen and oxygen atoms in total. The summed E-state index contributed by atoms with van der Waals surface area (Å²) in [5.74, 6) is 0. The minimum absolute atomic E-state index is 0.197. The summed E-state index contributed by atoms with van der Waals surface area (Å²) in [6.07, 6.45) is 2.41. The third kappa shape index (κ3) is 3.46. The molecule has 0 bridgehead atoms. The molecule has 0 saturated carbocycles. The maximum absolute atomic E-state index is 9.33. The van der Waals surface area contributed by atoms with Crippen molar-refractivity contribution < 1.29 is 14.6 Å². The second-order valence-corrected chi connectivity index (χ2v) is 4.32. The predicted molar refractivity (Wildman–Crippen MR) is 50.3 cm³/mol. The fourth-order valence-corrected chi connectivity index (χ4v) is 1.11. The summed E-state index contributed by atoms with van der Waals surface area (Å²) in [5, 5.41) is 9.33. The van der Waals surface area contributed by atoms with Gasteiger partial charge in [-0.15, -0.1) is 0 Å². The third-order valence-electron chi connectivity index (χ3n) is 1.76. The highest BCUT2D eigenvalue weighted by Gasteiger charge is 2.25. The van der Waals surface area contributed by atoms with E-state index in [-0.39, 0.29) is 18.0 Å². The summed E-state index contributed by atoms with van der Waals surface area (Å²) >= 11 is 0. The topological polar surface area (TPSA) is 38.7 Å². The van der Waals surface area contributed by atoms with Crippen LogP contribution in [0.15, 0.2) is 12.2 Å². The van der Waals surface area contributed by atoms with Gasteiger partial charge in [0.1, 0.15) is 0 Å². The second kappa shape index (κ2) is 3.78. The van der Waals surface area contributed by atoms with Crippen molar-refractivity contribution in [1.29, 1.82) is 0 Å². The van der Waals surface area contributed by atoms with Gasteiger partial charge in [-0.3, -0.25) is 0 Å². The summed E-state index contributed by atoms with van der Waals surface area (Å²) in [6.45, 7) is 7.74. The monoisotopic (exact) mass is 186 g/mol. The zero-order chi connectivity index (χ0) is 10.1. The molecular formula is C10H18O3. The lowest BCUT2D eigenvalue weighted by Gasteiger charge is -2.31. The van der Waals surface area contributed by atoms with E-state index in [2.05, 4.69) is 0 Å². The quantitative estimate of drug-likeness (QED) is 0.630. The normalized spacial score (nSPS) is 35.0. The summed E-state index contributed by atoms with van der Waals surface area (Å²) in [6, 6.07) is 0. The molecular weight excluding hydrogens is 168 g/mol. The van der Waals surface area contributed by atoms with Gasteiger partial charge in [0.25, 0.3) is 0 Å². The lowest BCUT2D eigenvalue weighted by atomic mass is 10.1. The Morgan fingerprint density at radius 3 is 2.38 bits per heavy atom. The van der Waals surface area contributed by atoms with E-state index in [0.29, 0.717) is 0 Å². The van der Waals surface area contributed by atoms with Gasteiger partial charge in [-0.2, -0.15) is 0 Å². The molecule has 0 aromatic carbocycles. The summed E-state index contributed by atoms with van der Waals surface area (Å²) in [5.41, 5.74) is -0.225. The van der Waals surface area contributed by atoms with Crippen LogP contribution in [0.25, 0.3) is 0 Å². The lowest BCUT2D eigenvalue weighted by molar-refractivity contribution is -0.205. The molecule has 0 radical (unpaired) electrons. The van der Waals surface area contributed by atoms with Crippen molar-refractivity contribution in [3.63, 3.8) is 0 Å². The van der Waals surface area contributed by atoms with Crippen LogP contribution in [0.3, 0.4) is 0 Å². The Hall–Kier alpha value is -0.380. The first-order valence-electron chi connectivity index (χ1n) is 4.58. The molecule has 0 aromatic heterocycles. The minimum atomic E-state index is -0.514. The van der Waals surface area contributed by atoms with Crippen molar-refractivity contribution in [2.24, 2.45) is 0 Å². The van der Waals surface area contributed by atoms with Crippen molar-refractivity contribution in [2.75, 3.05) is 0 Å². The van der Waals surface area contributed by atoms with Gasteiger partial charge in [0.15, 0.2) is 6.29 Å². The van der Waals surface area contributed by atoms with Crippen LogP contribution in [0, 0.1) is 0 Å². The molecule has 1 rings (SSSR count). The summed E-state index contributed by atoms with van der Waals surface area (Å²) < 4.78 is 11.0. The van der Waals surface area contributed by atoms with E-state index in [9.17, 15) is 5.11 Å². The van der Waals surface area contributed by atoms with Crippen LogP contribution >= 0.6 is 0 Å². The maximum Gasteiger partial charge on any atom is 0.178 e. The number of ether oxygens (including phenoxy) is 2. The van der Waals surface area contributed by atoms with Crippen LogP contribution in [-0.2, 0) is 9.47 Å². The van der Waals surface area contributed by atoms with Crippen LogP contribution in [-0.4, -0.2) is 29.2 Å². The van der Waals surface area contributed by atoms with Gasteiger partial charge < -0.3 is 14.6 Å². The van der Waals surface area contributed by atoms with E-state index < -0.39 is 6.10 Å². The van der Waals surface area contributed by atoms with E-state index >= 15 is 0 Å². The smallest absolute Gasteiger partial charge is 0.178 e. The molecule has 0 saturated heterocycles. The molecule has 0 fully saturated rings. The zero-order valence-corrected chi connectivity index (χ0v) is 8.65. The van der Waals surface area contributed by atoms with E-state index in [1.807, 2.05) is 27.7 Å². The molecule has 1 heterocycles. The van der Waals surface area contributed by atoms with E-state index in [4.69, 9.17) is 9.47 Å². The van der Waals surface area contributed by atoms with Gasteiger partial charge in [0.2, 0.25) is 0 Å². The Bertz CT molecular complexity index is 193.